The number of phenolic OH excluding ortho intramolecular Hbond substituents is 1. The van der Waals surface area contributed by atoms with Gasteiger partial charge in [-0.15, -0.1) is 0 Å². The van der Waals surface area contributed by atoms with Crippen LogP contribution >= 0.6 is 11.8 Å². The first-order valence-corrected chi connectivity index (χ1v) is 9.66. The van der Waals surface area contributed by atoms with E-state index in [2.05, 4.69) is 54.3 Å². The number of nitrogens with zero attached hydrogens (tertiary/aromatic N) is 1. The predicted molar refractivity (Wildman–Crippen MR) is 113 cm³/mol. The summed E-state index contributed by atoms with van der Waals surface area (Å²) in [6.07, 6.45) is 6.68. The van der Waals surface area contributed by atoms with Gasteiger partial charge in [0.1, 0.15) is 5.75 Å². The van der Waals surface area contributed by atoms with E-state index in [4.69, 9.17) is 0 Å². The Morgan fingerprint density at radius 1 is 1.11 bits per heavy atom. The largest absolute Gasteiger partial charge is 0.507 e. The first-order chi connectivity index (χ1) is 13.2. The van der Waals surface area contributed by atoms with Crippen molar-refractivity contribution in [3.63, 3.8) is 0 Å². The summed E-state index contributed by atoms with van der Waals surface area (Å²) in [5.74, 6) is 0.00587. The highest BCUT2D eigenvalue weighted by molar-refractivity contribution is 8.04. The lowest BCUT2D eigenvalue weighted by molar-refractivity contribution is 0.112. The van der Waals surface area contributed by atoms with Crippen molar-refractivity contribution in [3.05, 3.63) is 82.9 Å². The topological polar surface area (TPSA) is 40.5 Å². The third-order valence-electron chi connectivity index (χ3n) is 4.64. The summed E-state index contributed by atoms with van der Waals surface area (Å²) >= 11 is 1.78. The van der Waals surface area contributed by atoms with Gasteiger partial charge in [0.25, 0.3) is 0 Å². The summed E-state index contributed by atoms with van der Waals surface area (Å²) in [6.45, 7) is 3.05. The molecule has 0 aliphatic carbocycles. The molecule has 0 aromatic heterocycles. The van der Waals surface area contributed by atoms with Gasteiger partial charge in [-0.05, 0) is 47.5 Å². The van der Waals surface area contributed by atoms with Crippen molar-refractivity contribution < 1.29 is 9.90 Å². The number of hydrogen-bond acceptors (Lipinski definition) is 4. The molecule has 0 spiro atoms. The standard InChI is InChI=1S/C23H19NO2S/c1-2-24-20-12-11-17-7-3-4-8-19(17)23(20)27-22(24)9-5-6-16-10-13-21(26)18(14-16)15-25/h3-15,26H,2H2,1H3/b6-5+,22-9-. The normalized spacial score (nSPS) is 15.0. The maximum Gasteiger partial charge on any atom is 0.153 e. The SMILES string of the molecule is CCN1/C(=C/C=C/c2ccc(O)c(C=O)c2)Sc2c1ccc1ccccc21. The number of anilines is 1. The maximum absolute atomic E-state index is 11.0. The van der Waals surface area contributed by atoms with Gasteiger partial charge in [0.05, 0.1) is 16.3 Å². The zero-order chi connectivity index (χ0) is 18.8. The van der Waals surface area contributed by atoms with Crippen LogP contribution in [0.5, 0.6) is 5.75 Å². The summed E-state index contributed by atoms with van der Waals surface area (Å²) in [5.41, 5.74) is 2.42. The quantitative estimate of drug-likeness (QED) is 0.583. The molecule has 134 valence electrons. The molecule has 4 heteroatoms. The minimum absolute atomic E-state index is 0.00587. The van der Waals surface area contributed by atoms with E-state index in [1.165, 1.54) is 26.4 Å². The minimum Gasteiger partial charge on any atom is -0.507 e. The van der Waals surface area contributed by atoms with Crippen LogP contribution in [0.1, 0.15) is 22.8 Å². The molecule has 0 atom stereocenters. The molecular formula is C23H19NO2S. The first kappa shape index (κ1) is 17.4. The van der Waals surface area contributed by atoms with Gasteiger partial charge in [0, 0.05) is 11.4 Å². The molecule has 1 N–H and O–H groups in total. The van der Waals surface area contributed by atoms with E-state index in [0.29, 0.717) is 11.8 Å². The molecule has 0 bridgehead atoms. The first-order valence-electron chi connectivity index (χ1n) is 8.85. The molecule has 1 aliphatic heterocycles. The van der Waals surface area contributed by atoms with Gasteiger partial charge in [0.2, 0.25) is 0 Å². The van der Waals surface area contributed by atoms with Gasteiger partial charge < -0.3 is 10.0 Å². The molecule has 4 rings (SSSR count). The second kappa shape index (κ2) is 7.33. The Hall–Kier alpha value is -2.98. The van der Waals surface area contributed by atoms with Crippen molar-refractivity contribution in [2.24, 2.45) is 0 Å². The summed E-state index contributed by atoms with van der Waals surface area (Å²) < 4.78 is 0. The van der Waals surface area contributed by atoms with Gasteiger partial charge in [0.15, 0.2) is 6.29 Å². The number of aromatic hydroxyl groups is 1. The zero-order valence-corrected chi connectivity index (χ0v) is 15.7. The predicted octanol–water partition coefficient (Wildman–Crippen LogP) is 5.84. The van der Waals surface area contributed by atoms with Gasteiger partial charge in [-0.25, -0.2) is 0 Å². The van der Waals surface area contributed by atoms with Crippen LogP contribution in [0.4, 0.5) is 5.69 Å². The van der Waals surface area contributed by atoms with Crippen LogP contribution in [0, 0.1) is 0 Å². The average molecular weight is 373 g/mol. The zero-order valence-electron chi connectivity index (χ0n) is 14.9. The second-order valence-electron chi connectivity index (χ2n) is 6.28. The molecular weight excluding hydrogens is 354 g/mol. The van der Waals surface area contributed by atoms with Crippen LogP contribution in [0.25, 0.3) is 16.8 Å². The van der Waals surface area contributed by atoms with E-state index in [1.807, 2.05) is 12.2 Å². The molecule has 1 heterocycles. The van der Waals surface area contributed by atoms with Crippen molar-refractivity contribution >= 4 is 40.6 Å². The fourth-order valence-electron chi connectivity index (χ4n) is 3.29. The third-order valence-corrected chi connectivity index (χ3v) is 5.84. The van der Waals surface area contributed by atoms with Gasteiger partial charge in [-0.3, -0.25) is 4.79 Å². The van der Waals surface area contributed by atoms with Crippen LogP contribution in [-0.4, -0.2) is 17.9 Å². The Balaban J connectivity index is 1.65. The molecule has 3 aromatic rings. The molecule has 0 unspecified atom stereocenters. The van der Waals surface area contributed by atoms with Crippen LogP contribution < -0.4 is 4.90 Å². The number of benzene rings is 3. The van der Waals surface area contributed by atoms with Gasteiger partial charge in [-0.1, -0.05) is 60.3 Å². The van der Waals surface area contributed by atoms with Crippen LogP contribution in [0.3, 0.4) is 0 Å². The van der Waals surface area contributed by atoms with Crippen molar-refractivity contribution in [1.82, 2.24) is 0 Å². The highest BCUT2D eigenvalue weighted by Crippen LogP contribution is 2.49. The fraction of sp³-hybridized carbons (Fsp3) is 0.0870. The lowest BCUT2D eigenvalue weighted by Gasteiger charge is -2.17. The minimum atomic E-state index is 0.00587. The van der Waals surface area contributed by atoms with Crippen LogP contribution in [0.15, 0.2) is 76.7 Å². The lowest BCUT2D eigenvalue weighted by atomic mass is 10.1. The van der Waals surface area contributed by atoms with E-state index in [-0.39, 0.29) is 5.75 Å². The molecule has 0 saturated carbocycles. The lowest BCUT2D eigenvalue weighted by Crippen LogP contribution is -2.16. The van der Waals surface area contributed by atoms with Crippen LogP contribution in [-0.2, 0) is 0 Å². The van der Waals surface area contributed by atoms with E-state index >= 15 is 0 Å². The molecule has 3 aromatic carbocycles. The molecule has 0 amide bonds. The summed E-state index contributed by atoms with van der Waals surface area (Å²) in [4.78, 5) is 14.6. The summed E-state index contributed by atoms with van der Waals surface area (Å²) in [7, 11) is 0. The molecule has 0 saturated heterocycles. The van der Waals surface area contributed by atoms with E-state index < -0.39 is 0 Å². The molecule has 27 heavy (non-hydrogen) atoms. The molecule has 0 fully saturated rings. The Bertz CT molecular complexity index is 1080. The highest BCUT2D eigenvalue weighted by atomic mass is 32.2. The summed E-state index contributed by atoms with van der Waals surface area (Å²) in [6, 6.07) is 17.8. The maximum atomic E-state index is 11.0. The number of carbonyl (C=O) groups excluding carboxylic acids is 1. The van der Waals surface area contributed by atoms with Crippen molar-refractivity contribution in [2.45, 2.75) is 11.8 Å². The van der Waals surface area contributed by atoms with Gasteiger partial charge >= 0.3 is 0 Å². The number of rotatable bonds is 4. The number of allylic oxidation sites excluding steroid dienone is 2. The third kappa shape index (κ3) is 3.24. The van der Waals surface area contributed by atoms with Gasteiger partial charge in [-0.2, -0.15) is 0 Å². The number of carbonyl (C=O) groups is 1. The Labute approximate surface area is 162 Å². The Kier molecular flexibility index (Phi) is 4.73. The Morgan fingerprint density at radius 2 is 1.96 bits per heavy atom. The number of aldehydes is 1. The van der Waals surface area contributed by atoms with Crippen molar-refractivity contribution in [1.29, 1.82) is 0 Å². The number of hydrogen-bond donors (Lipinski definition) is 1. The second-order valence-corrected chi connectivity index (χ2v) is 7.31. The molecule has 1 aliphatic rings. The number of thioether (sulfide) groups is 1. The van der Waals surface area contributed by atoms with E-state index in [1.54, 1.807) is 30.0 Å². The van der Waals surface area contributed by atoms with Crippen molar-refractivity contribution in [2.75, 3.05) is 11.4 Å². The van der Waals surface area contributed by atoms with E-state index in [9.17, 15) is 9.90 Å². The monoisotopic (exact) mass is 373 g/mol. The average Bonchev–Trinajstić information content (AvgIpc) is 3.07. The number of fused-ring (bicyclic) bond motifs is 3. The molecule has 3 nitrogen and oxygen atoms in total. The van der Waals surface area contributed by atoms with Crippen LogP contribution in [0.2, 0.25) is 0 Å². The Morgan fingerprint density at radius 3 is 2.78 bits per heavy atom. The summed E-state index contributed by atoms with van der Waals surface area (Å²) in [5, 5.41) is 13.3. The van der Waals surface area contributed by atoms with E-state index in [0.717, 1.165) is 12.1 Å². The fourth-order valence-corrected chi connectivity index (χ4v) is 4.56. The smallest absolute Gasteiger partial charge is 0.153 e. The molecule has 0 radical (unpaired) electrons. The highest BCUT2D eigenvalue weighted by Gasteiger charge is 2.25. The number of phenols is 1. The van der Waals surface area contributed by atoms with Crippen molar-refractivity contribution in [3.8, 4) is 5.75 Å².